The third-order valence-corrected chi connectivity index (χ3v) is 5.96. The standard InChI is InChI=1S/C24H22BO4/c1-23(2,26)24(3,4)29-25-14-9-10-20-16(11-14)18-13-21-17(12-22(18)28-20)15-7-5-6-8-19(15)27-21/h5-13,26H,1-4H3. The van der Waals surface area contributed by atoms with Crippen LogP contribution in [0.3, 0.4) is 0 Å². The molecule has 145 valence electrons. The Labute approximate surface area is 169 Å². The lowest BCUT2D eigenvalue weighted by Gasteiger charge is -2.37. The van der Waals surface area contributed by atoms with Gasteiger partial charge in [0.15, 0.2) is 0 Å². The van der Waals surface area contributed by atoms with Crippen molar-refractivity contribution in [3.05, 3.63) is 54.6 Å². The average Bonchev–Trinajstić information content (AvgIpc) is 3.21. The minimum atomic E-state index is -0.969. The molecule has 0 aliphatic rings. The van der Waals surface area contributed by atoms with E-state index in [1.165, 1.54) is 0 Å². The van der Waals surface area contributed by atoms with Crippen molar-refractivity contribution in [2.75, 3.05) is 0 Å². The summed E-state index contributed by atoms with van der Waals surface area (Å²) in [5.74, 6) is 0. The van der Waals surface area contributed by atoms with Crippen LogP contribution in [-0.4, -0.2) is 23.8 Å². The number of rotatable bonds is 4. The smallest absolute Gasteiger partial charge is 0.330 e. The van der Waals surface area contributed by atoms with Gasteiger partial charge in [0.1, 0.15) is 22.3 Å². The normalized spacial score (nSPS) is 13.1. The highest BCUT2D eigenvalue weighted by Gasteiger charge is 2.35. The largest absolute Gasteiger partial charge is 0.456 e. The van der Waals surface area contributed by atoms with Gasteiger partial charge in [-0.3, -0.25) is 0 Å². The lowest BCUT2D eigenvalue weighted by Crippen LogP contribution is -2.49. The van der Waals surface area contributed by atoms with Crippen molar-refractivity contribution in [1.82, 2.24) is 0 Å². The summed E-state index contributed by atoms with van der Waals surface area (Å²) in [6.07, 6.45) is 0. The summed E-state index contributed by atoms with van der Waals surface area (Å²) in [6.45, 7) is 7.22. The molecule has 2 aromatic heterocycles. The van der Waals surface area contributed by atoms with Gasteiger partial charge in [0, 0.05) is 21.5 Å². The first-order valence-electron chi connectivity index (χ1n) is 9.74. The number of hydrogen-bond donors (Lipinski definition) is 1. The quantitative estimate of drug-likeness (QED) is 0.427. The highest BCUT2D eigenvalue weighted by atomic mass is 16.5. The fourth-order valence-corrected chi connectivity index (χ4v) is 3.44. The van der Waals surface area contributed by atoms with Gasteiger partial charge in [-0.1, -0.05) is 35.8 Å². The number of benzene rings is 3. The molecule has 29 heavy (non-hydrogen) atoms. The van der Waals surface area contributed by atoms with Crippen LogP contribution in [0.1, 0.15) is 27.7 Å². The predicted octanol–water partition coefficient (Wildman–Crippen LogP) is 5.30. The maximum Gasteiger partial charge on any atom is 0.330 e. The number of para-hydroxylation sites is 1. The first-order valence-corrected chi connectivity index (χ1v) is 9.74. The molecule has 0 atom stereocenters. The van der Waals surface area contributed by atoms with Crippen LogP contribution in [0.25, 0.3) is 43.9 Å². The van der Waals surface area contributed by atoms with E-state index in [2.05, 4.69) is 6.07 Å². The average molecular weight is 385 g/mol. The van der Waals surface area contributed by atoms with Crippen molar-refractivity contribution in [3.8, 4) is 0 Å². The van der Waals surface area contributed by atoms with Crippen LogP contribution in [0, 0.1) is 0 Å². The summed E-state index contributed by atoms with van der Waals surface area (Å²) in [6, 6.07) is 18.0. The highest BCUT2D eigenvalue weighted by Crippen LogP contribution is 2.36. The molecule has 0 fully saturated rings. The number of hydrogen-bond acceptors (Lipinski definition) is 4. The summed E-state index contributed by atoms with van der Waals surface area (Å²) in [5.41, 5.74) is 2.57. The Hall–Kier alpha value is -2.76. The lowest BCUT2D eigenvalue weighted by molar-refractivity contribution is -0.0893. The molecule has 0 bridgehead atoms. The lowest BCUT2D eigenvalue weighted by atomic mass is 9.82. The third-order valence-electron chi connectivity index (χ3n) is 5.96. The summed E-state index contributed by atoms with van der Waals surface area (Å²) in [7, 11) is 1.69. The van der Waals surface area contributed by atoms with Gasteiger partial charge < -0.3 is 18.6 Å². The Morgan fingerprint density at radius 2 is 1.31 bits per heavy atom. The Balaban J connectivity index is 1.59. The molecule has 0 aliphatic carbocycles. The molecule has 0 saturated heterocycles. The topological polar surface area (TPSA) is 55.7 Å². The van der Waals surface area contributed by atoms with Crippen LogP contribution in [0.4, 0.5) is 0 Å². The van der Waals surface area contributed by atoms with Gasteiger partial charge >= 0.3 is 7.48 Å². The molecular weight excluding hydrogens is 363 g/mol. The molecule has 2 heterocycles. The van der Waals surface area contributed by atoms with E-state index in [0.717, 1.165) is 49.3 Å². The SMILES string of the molecule is CC(C)(O)C(C)(C)O[B]c1ccc2oc3cc4c(cc3c2c1)oc1ccccc14. The van der Waals surface area contributed by atoms with E-state index in [9.17, 15) is 5.11 Å². The Bertz CT molecular complexity index is 1370. The second-order valence-corrected chi connectivity index (χ2v) is 8.61. The van der Waals surface area contributed by atoms with Crippen LogP contribution in [0.15, 0.2) is 63.4 Å². The van der Waals surface area contributed by atoms with Crippen molar-refractivity contribution in [2.24, 2.45) is 0 Å². The summed E-state index contributed by atoms with van der Waals surface area (Å²) < 4.78 is 18.0. The van der Waals surface area contributed by atoms with Gasteiger partial charge in [-0.05, 0) is 52.0 Å². The fraction of sp³-hybridized carbons (Fsp3) is 0.250. The van der Waals surface area contributed by atoms with Crippen LogP contribution in [0.5, 0.6) is 0 Å². The molecule has 0 spiro atoms. The Morgan fingerprint density at radius 3 is 2.00 bits per heavy atom. The van der Waals surface area contributed by atoms with Crippen molar-refractivity contribution in [1.29, 1.82) is 0 Å². The van der Waals surface area contributed by atoms with Gasteiger partial charge in [0.2, 0.25) is 0 Å². The maximum atomic E-state index is 10.3. The molecule has 0 saturated carbocycles. The molecule has 0 unspecified atom stereocenters. The molecule has 4 nitrogen and oxygen atoms in total. The van der Waals surface area contributed by atoms with E-state index in [1.54, 1.807) is 21.3 Å². The number of furan rings is 2. The van der Waals surface area contributed by atoms with Crippen molar-refractivity contribution in [2.45, 2.75) is 38.9 Å². The van der Waals surface area contributed by atoms with E-state index < -0.39 is 11.2 Å². The van der Waals surface area contributed by atoms with Gasteiger partial charge in [-0.15, -0.1) is 0 Å². The van der Waals surface area contributed by atoms with E-state index >= 15 is 0 Å². The second kappa shape index (κ2) is 6.12. The third kappa shape index (κ3) is 2.93. The van der Waals surface area contributed by atoms with Gasteiger partial charge in [-0.25, -0.2) is 0 Å². The zero-order valence-electron chi connectivity index (χ0n) is 16.9. The molecule has 5 heteroatoms. The molecule has 0 amide bonds. The van der Waals surface area contributed by atoms with Gasteiger partial charge in [0.25, 0.3) is 0 Å². The minimum absolute atomic E-state index is 0.721. The first kappa shape index (κ1) is 18.3. The second-order valence-electron chi connectivity index (χ2n) is 8.61. The fourth-order valence-electron chi connectivity index (χ4n) is 3.44. The molecular formula is C24H22BO4. The molecule has 1 radical (unpaired) electrons. The zero-order valence-corrected chi connectivity index (χ0v) is 16.9. The van der Waals surface area contributed by atoms with E-state index in [1.807, 2.05) is 62.4 Å². The van der Waals surface area contributed by atoms with E-state index in [4.69, 9.17) is 13.5 Å². The number of fused-ring (bicyclic) bond motifs is 6. The van der Waals surface area contributed by atoms with Gasteiger partial charge in [-0.2, -0.15) is 0 Å². The maximum absolute atomic E-state index is 10.3. The Kier molecular flexibility index (Phi) is 3.86. The molecule has 0 aliphatic heterocycles. The summed E-state index contributed by atoms with van der Waals surface area (Å²) in [5, 5.41) is 14.4. The van der Waals surface area contributed by atoms with Crippen LogP contribution < -0.4 is 5.46 Å². The molecule has 5 rings (SSSR count). The Morgan fingerprint density at radius 1 is 0.724 bits per heavy atom. The predicted molar refractivity (Wildman–Crippen MR) is 118 cm³/mol. The van der Waals surface area contributed by atoms with Crippen molar-refractivity contribution in [3.63, 3.8) is 0 Å². The summed E-state index contributed by atoms with van der Waals surface area (Å²) in [4.78, 5) is 0. The van der Waals surface area contributed by atoms with Crippen LogP contribution in [-0.2, 0) is 4.65 Å². The summed E-state index contributed by atoms with van der Waals surface area (Å²) >= 11 is 0. The van der Waals surface area contributed by atoms with Crippen molar-refractivity contribution >= 4 is 56.8 Å². The monoisotopic (exact) mass is 385 g/mol. The van der Waals surface area contributed by atoms with E-state index in [0.29, 0.717) is 0 Å². The minimum Gasteiger partial charge on any atom is -0.456 e. The van der Waals surface area contributed by atoms with Gasteiger partial charge in [0.05, 0.1) is 11.2 Å². The zero-order chi connectivity index (χ0) is 20.4. The first-order chi connectivity index (χ1) is 13.7. The molecule has 1 N–H and O–H groups in total. The highest BCUT2D eigenvalue weighted by molar-refractivity contribution is 6.47. The number of aliphatic hydroxyl groups is 1. The van der Waals surface area contributed by atoms with E-state index in [-0.39, 0.29) is 0 Å². The van der Waals surface area contributed by atoms with Crippen molar-refractivity contribution < 1.29 is 18.6 Å². The van der Waals surface area contributed by atoms with Crippen LogP contribution >= 0.6 is 0 Å². The molecule has 5 aromatic rings. The van der Waals surface area contributed by atoms with Crippen LogP contribution in [0.2, 0.25) is 0 Å². The molecule has 3 aromatic carbocycles.